The van der Waals surface area contributed by atoms with Gasteiger partial charge in [0.1, 0.15) is 0 Å². The Balaban J connectivity index is 2.58. The summed E-state index contributed by atoms with van der Waals surface area (Å²) in [5.74, 6) is -0.125. The number of rotatable bonds is 5. The first-order chi connectivity index (χ1) is 7.52. The molecule has 0 spiro atoms. The normalized spacial score (nSPS) is 12.1. The predicted octanol–water partition coefficient (Wildman–Crippen LogP) is 2.59. The third kappa shape index (κ3) is 4.08. The summed E-state index contributed by atoms with van der Waals surface area (Å²) in [7, 11) is 0. The van der Waals surface area contributed by atoms with E-state index in [9.17, 15) is 4.79 Å². The number of hydrogen-bond acceptors (Lipinski definition) is 3. The summed E-state index contributed by atoms with van der Waals surface area (Å²) in [6, 6.07) is 3.40. The molecule has 0 aromatic carbocycles. The Morgan fingerprint density at radius 1 is 1.69 bits per heavy atom. The second kappa shape index (κ2) is 6.18. The average Bonchev–Trinajstić information content (AvgIpc) is 2.63. The molecule has 0 saturated heterocycles. The van der Waals surface area contributed by atoms with E-state index in [1.165, 1.54) is 11.3 Å². The minimum absolute atomic E-state index is 0.00845. The lowest BCUT2D eigenvalue weighted by Gasteiger charge is -2.15. The minimum atomic E-state index is -0.125. The van der Waals surface area contributed by atoms with Gasteiger partial charge in [-0.05, 0) is 18.6 Å². The highest BCUT2D eigenvalue weighted by Gasteiger charge is 2.14. The molecule has 3 nitrogen and oxygen atoms in total. The molecule has 0 radical (unpaired) electrons. The van der Waals surface area contributed by atoms with Gasteiger partial charge in [0.25, 0.3) is 5.91 Å². The van der Waals surface area contributed by atoms with Gasteiger partial charge in [0, 0.05) is 12.5 Å². The molecule has 16 heavy (non-hydrogen) atoms. The zero-order valence-corrected chi connectivity index (χ0v) is 11.2. The molecule has 1 heterocycles. The van der Waals surface area contributed by atoms with E-state index in [4.69, 9.17) is 29.6 Å². The van der Waals surface area contributed by atoms with Gasteiger partial charge >= 0.3 is 0 Å². The Kier molecular flexibility index (Phi) is 5.18. The number of amides is 1. The van der Waals surface area contributed by atoms with Gasteiger partial charge in [-0.15, -0.1) is 11.3 Å². The summed E-state index contributed by atoms with van der Waals surface area (Å²) in [4.78, 5) is 12.8. The third-order valence-corrected chi connectivity index (χ3v) is 3.47. The van der Waals surface area contributed by atoms with Crippen molar-refractivity contribution in [2.24, 2.45) is 5.73 Å². The van der Waals surface area contributed by atoms with E-state index >= 15 is 0 Å². The summed E-state index contributed by atoms with van der Waals surface area (Å²) in [6.45, 7) is 1.98. The number of hydrogen-bond donors (Lipinski definition) is 2. The van der Waals surface area contributed by atoms with Gasteiger partial charge < -0.3 is 11.1 Å². The van der Waals surface area contributed by atoms with Crippen LogP contribution in [0.15, 0.2) is 12.1 Å². The fraction of sp³-hybridized carbons (Fsp3) is 0.400. The van der Waals surface area contributed by atoms with E-state index in [0.717, 1.165) is 6.42 Å². The van der Waals surface area contributed by atoms with Gasteiger partial charge in [-0.1, -0.05) is 30.7 Å². The number of carbonyl (C=O) groups excluding carboxylic acids is 1. The van der Waals surface area contributed by atoms with Crippen molar-refractivity contribution in [2.45, 2.75) is 25.8 Å². The number of halogens is 1. The fourth-order valence-electron chi connectivity index (χ4n) is 1.23. The van der Waals surface area contributed by atoms with Crippen LogP contribution in [0.1, 0.15) is 29.4 Å². The summed E-state index contributed by atoms with van der Waals surface area (Å²) >= 11 is 11.8. The highest BCUT2D eigenvalue weighted by atomic mass is 35.5. The monoisotopic (exact) mass is 276 g/mol. The van der Waals surface area contributed by atoms with E-state index in [-0.39, 0.29) is 11.9 Å². The van der Waals surface area contributed by atoms with Crippen LogP contribution in [-0.4, -0.2) is 16.9 Å². The second-order valence-electron chi connectivity index (χ2n) is 3.35. The zero-order valence-electron chi connectivity index (χ0n) is 8.83. The van der Waals surface area contributed by atoms with Crippen molar-refractivity contribution < 1.29 is 4.79 Å². The van der Waals surface area contributed by atoms with E-state index in [1.54, 1.807) is 12.1 Å². The quantitative estimate of drug-likeness (QED) is 0.813. The summed E-state index contributed by atoms with van der Waals surface area (Å²) in [5.41, 5.74) is 5.45. The number of nitrogens with two attached hydrogens (primary N) is 1. The molecule has 0 aliphatic heterocycles. The lowest BCUT2D eigenvalue weighted by Crippen LogP contribution is -2.36. The van der Waals surface area contributed by atoms with Crippen molar-refractivity contribution in [3.63, 3.8) is 0 Å². The molecule has 1 amide bonds. The van der Waals surface area contributed by atoms with Crippen molar-refractivity contribution in [3.05, 3.63) is 21.3 Å². The lowest BCUT2D eigenvalue weighted by atomic mass is 10.1. The zero-order chi connectivity index (χ0) is 12.1. The second-order valence-corrected chi connectivity index (χ2v) is 5.59. The summed E-state index contributed by atoms with van der Waals surface area (Å²) in [5, 5.41) is 2.87. The highest BCUT2D eigenvalue weighted by Crippen LogP contribution is 2.21. The molecule has 6 heteroatoms. The van der Waals surface area contributed by atoms with Crippen LogP contribution in [0, 0.1) is 0 Å². The molecule has 1 aromatic rings. The van der Waals surface area contributed by atoms with Gasteiger partial charge in [-0.25, -0.2) is 0 Å². The molecule has 1 rings (SSSR count). The predicted molar refractivity (Wildman–Crippen MR) is 72.3 cm³/mol. The maximum atomic E-state index is 11.8. The van der Waals surface area contributed by atoms with Gasteiger partial charge in [-0.2, -0.15) is 0 Å². The van der Waals surface area contributed by atoms with Gasteiger partial charge in [0.15, 0.2) is 0 Å². The van der Waals surface area contributed by atoms with Crippen molar-refractivity contribution in [1.82, 2.24) is 5.32 Å². The topological polar surface area (TPSA) is 55.1 Å². The molecule has 0 saturated carbocycles. The fourth-order valence-corrected chi connectivity index (χ4v) is 2.38. The molecule has 0 aliphatic rings. The average molecular weight is 277 g/mol. The van der Waals surface area contributed by atoms with Crippen LogP contribution in [0.4, 0.5) is 0 Å². The van der Waals surface area contributed by atoms with Crippen LogP contribution < -0.4 is 11.1 Å². The van der Waals surface area contributed by atoms with Gasteiger partial charge in [0.05, 0.1) is 14.2 Å². The maximum absolute atomic E-state index is 11.8. The molecule has 0 aliphatic carbocycles. The summed E-state index contributed by atoms with van der Waals surface area (Å²) in [6.07, 6.45) is 1.32. The molecule has 0 fully saturated rings. The molecule has 3 N–H and O–H groups in total. The van der Waals surface area contributed by atoms with Crippen molar-refractivity contribution >= 4 is 46.1 Å². The largest absolute Gasteiger partial charge is 0.393 e. The van der Waals surface area contributed by atoms with E-state index in [1.807, 2.05) is 6.92 Å². The number of carbonyl (C=O) groups is 1. The number of thiophene rings is 1. The third-order valence-electron chi connectivity index (χ3n) is 2.07. The molecule has 1 aromatic heterocycles. The van der Waals surface area contributed by atoms with Crippen LogP contribution >= 0.6 is 35.2 Å². The van der Waals surface area contributed by atoms with Gasteiger partial charge in [-0.3, -0.25) is 4.79 Å². The van der Waals surface area contributed by atoms with Crippen LogP contribution in [0.25, 0.3) is 0 Å². The molecular formula is C10H13ClN2OS2. The smallest absolute Gasteiger partial charge is 0.261 e. The van der Waals surface area contributed by atoms with Crippen molar-refractivity contribution in [1.29, 1.82) is 0 Å². The standard InChI is InChI=1S/C10H13ClN2OS2/c1-2-6(5-9(12)15)13-10(14)7-3-4-8(11)16-7/h3-4,6H,2,5H2,1H3,(H2,12,15)(H,13,14). The molecular weight excluding hydrogens is 264 g/mol. The lowest BCUT2D eigenvalue weighted by molar-refractivity contribution is 0.0941. The Labute approximate surface area is 109 Å². The first-order valence-corrected chi connectivity index (χ1v) is 6.47. The van der Waals surface area contributed by atoms with E-state index in [0.29, 0.717) is 20.6 Å². The Morgan fingerprint density at radius 2 is 2.38 bits per heavy atom. The first kappa shape index (κ1) is 13.4. The minimum Gasteiger partial charge on any atom is -0.393 e. The molecule has 1 unspecified atom stereocenters. The van der Waals surface area contributed by atoms with Crippen LogP contribution in [0.3, 0.4) is 0 Å². The summed E-state index contributed by atoms with van der Waals surface area (Å²) < 4.78 is 0.604. The molecule has 0 bridgehead atoms. The van der Waals surface area contributed by atoms with E-state index < -0.39 is 0 Å². The number of nitrogens with one attached hydrogen (secondary N) is 1. The number of thiocarbonyl (C=S) groups is 1. The van der Waals surface area contributed by atoms with E-state index in [2.05, 4.69) is 5.32 Å². The van der Waals surface area contributed by atoms with Crippen molar-refractivity contribution in [3.8, 4) is 0 Å². The Hall–Kier alpha value is -0.650. The SMILES string of the molecule is CCC(CC(N)=S)NC(=O)c1ccc(Cl)s1. The van der Waals surface area contributed by atoms with Gasteiger partial charge in [0.2, 0.25) is 0 Å². The Bertz CT molecular complexity index is 392. The van der Waals surface area contributed by atoms with Crippen molar-refractivity contribution in [2.75, 3.05) is 0 Å². The maximum Gasteiger partial charge on any atom is 0.261 e. The van der Waals surface area contributed by atoms with Crippen LogP contribution in [-0.2, 0) is 0 Å². The highest BCUT2D eigenvalue weighted by molar-refractivity contribution is 7.80. The molecule has 1 atom stereocenters. The van der Waals surface area contributed by atoms with Crippen LogP contribution in [0.2, 0.25) is 4.34 Å². The first-order valence-electron chi connectivity index (χ1n) is 4.87. The van der Waals surface area contributed by atoms with Crippen LogP contribution in [0.5, 0.6) is 0 Å². The molecule has 88 valence electrons. The Morgan fingerprint density at radius 3 is 2.81 bits per heavy atom.